The molecule has 0 aromatic heterocycles. The van der Waals surface area contributed by atoms with E-state index in [1.165, 1.54) is 0 Å². The van der Waals surface area contributed by atoms with E-state index in [9.17, 15) is 0 Å². The van der Waals surface area contributed by atoms with E-state index in [0.717, 1.165) is 0 Å². The molecule has 0 bridgehead atoms. The van der Waals surface area contributed by atoms with Crippen LogP contribution in [0.2, 0.25) is 0 Å². The fourth-order valence-corrected chi connectivity index (χ4v) is 0.141. The number of nitriles is 1. The minimum atomic E-state index is 0. The van der Waals surface area contributed by atoms with Gasteiger partial charge in [-0.3, -0.25) is 4.90 Å². The minimum Gasteiger partial charge on any atom is -0.297 e. The van der Waals surface area contributed by atoms with Gasteiger partial charge in [-0.1, -0.05) is 0 Å². The fourth-order valence-electron chi connectivity index (χ4n) is 0.141. The van der Waals surface area contributed by atoms with Crippen LogP contribution in [-0.4, -0.2) is 25.5 Å². The Balaban J connectivity index is 0. The molecule has 0 saturated carbocycles. The molecule has 0 saturated heterocycles. The predicted octanol–water partition coefficient (Wildman–Crippen LogP) is 0.493. The zero-order valence-electron chi connectivity index (χ0n) is 4.51. The number of nitrogens with zero attached hydrogens (tertiary/aromatic N) is 2. The van der Waals surface area contributed by atoms with Gasteiger partial charge in [0.25, 0.3) is 0 Å². The zero-order chi connectivity index (χ0) is 4.99. The van der Waals surface area contributed by atoms with Crippen molar-refractivity contribution in [1.29, 1.82) is 5.26 Å². The van der Waals surface area contributed by atoms with E-state index >= 15 is 0 Å². The van der Waals surface area contributed by atoms with Gasteiger partial charge in [-0.15, -0.1) is 12.4 Å². The second kappa shape index (κ2) is 5.74. The van der Waals surface area contributed by atoms with Crippen molar-refractivity contribution < 1.29 is 0 Å². The van der Waals surface area contributed by atoms with E-state index in [4.69, 9.17) is 5.26 Å². The van der Waals surface area contributed by atoms with Gasteiger partial charge >= 0.3 is 0 Å². The van der Waals surface area contributed by atoms with E-state index in [-0.39, 0.29) is 12.4 Å². The zero-order valence-corrected chi connectivity index (χ0v) is 5.33. The lowest BCUT2D eigenvalue weighted by Crippen LogP contribution is -2.10. The molecule has 0 fully saturated rings. The Bertz CT molecular complexity index is 64.6. The van der Waals surface area contributed by atoms with Gasteiger partial charge in [-0.25, -0.2) is 0 Å². The van der Waals surface area contributed by atoms with Crippen LogP contribution in [0.5, 0.6) is 0 Å². The molecule has 0 heterocycles. The van der Waals surface area contributed by atoms with Crippen molar-refractivity contribution in [3.8, 4) is 6.07 Å². The Morgan fingerprint density at radius 2 is 2.00 bits per heavy atom. The summed E-state index contributed by atoms with van der Waals surface area (Å²) in [7, 11) is 3.73. The van der Waals surface area contributed by atoms with Gasteiger partial charge in [-0.05, 0) is 14.1 Å². The molecule has 0 radical (unpaired) electrons. The summed E-state index contributed by atoms with van der Waals surface area (Å²) in [5.41, 5.74) is 0. The molecule has 0 aliphatic carbocycles. The number of hydrogen-bond donors (Lipinski definition) is 0. The molecule has 7 heavy (non-hydrogen) atoms. The lowest BCUT2D eigenvalue weighted by atomic mass is 10.7. The van der Waals surface area contributed by atoms with Crippen LogP contribution in [0, 0.1) is 11.3 Å². The molecular weight excluding hydrogens is 112 g/mol. The maximum atomic E-state index is 7.94. The highest BCUT2D eigenvalue weighted by Crippen LogP contribution is 1.64. The van der Waals surface area contributed by atoms with Gasteiger partial charge in [0.05, 0.1) is 12.6 Å². The lowest BCUT2D eigenvalue weighted by Gasteiger charge is -1.97. The number of halogens is 1. The molecule has 0 rings (SSSR count). The van der Waals surface area contributed by atoms with Crippen LogP contribution >= 0.6 is 12.4 Å². The smallest absolute Gasteiger partial charge is 0.0861 e. The van der Waals surface area contributed by atoms with E-state index in [0.29, 0.717) is 6.54 Å². The fraction of sp³-hybridized carbons (Fsp3) is 0.750. The molecule has 0 N–H and O–H groups in total. The van der Waals surface area contributed by atoms with Crippen molar-refractivity contribution in [2.75, 3.05) is 20.6 Å². The second-order valence-corrected chi connectivity index (χ2v) is 1.40. The Morgan fingerprint density at radius 1 is 1.57 bits per heavy atom. The molecule has 0 aliphatic heterocycles. The third kappa shape index (κ3) is 10.7. The van der Waals surface area contributed by atoms with Gasteiger partial charge in [0, 0.05) is 0 Å². The van der Waals surface area contributed by atoms with Gasteiger partial charge < -0.3 is 0 Å². The molecule has 42 valence electrons. The topological polar surface area (TPSA) is 27.0 Å². The van der Waals surface area contributed by atoms with Crippen LogP contribution in [0.1, 0.15) is 0 Å². The molecule has 0 amide bonds. The quantitative estimate of drug-likeness (QED) is 0.471. The highest BCUT2D eigenvalue weighted by molar-refractivity contribution is 5.85. The standard InChI is InChI=1S/C4H8N2.ClH/c1-6(2)4-3-5;/h4H2,1-2H3;1H. The molecule has 0 aromatic carbocycles. The molecular formula is C4H9ClN2. The second-order valence-electron chi connectivity index (χ2n) is 1.40. The van der Waals surface area contributed by atoms with Crippen molar-refractivity contribution in [2.45, 2.75) is 0 Å². The first kappa shape index (κ1) is 9.88. The molecule has 0 unspecified atom stereocenters. The van der Waals surface area contributed by atoms with Crippen molar-refractivity contribution in [2.24, 2.45) is 0 Å². The van der Waals surface area contributed by atoms with E-state index in [2.05, 4.69) is 0 Å². The molecule has 0 spiro atoms. The summed E-state index contributed by atoms with van der Waals surface area (Å²) in [5, 5.41) is 7.94. The predicted molar refractivity (Wildman–Crippen MR) is 31.4 cm³/mol. The van der Waals surface area contributed by atoms with Crippen LogP contribution in [0.3, 0.4) is 0 Å². The molecule has 2 nitrogen and oxygen atoms in total. The van der Waals surface area contributed by atoms with Crippen LogP contribution < -0.4 is 0 Å². The number of hydrogen-bond acceptors (Lipinski definition) is 2. The monoisotopic (exact) mass is 120 g/mol. The molecule has 0 aromatic rings. The lowest BCUT2D eigenvalue weighted by molar-refractivity contribution is 0.461. The third-order valence-electron chi connectivity index (χ3n) is 0.387. The average molecular weight is 121 g/mol. The maximum absolute atomic E-state index is 7.94. The van der Waals surface area contributed by atoms with Crippen molar-refractivity contribution in [1.82, 2.24) is 4.90 Å². The van der Waals surface area contributed by atoms with E-state index in [1.54, 1.807) is 0 Å². The number of rotatable bonds is 1. The van der Waals surface area contributed by atoms with E-state index in [1.807, 2.05) is 25.1 Å². The summed E-state index contributed by atoms with van der Waals surface area (Å²) in [6.45, 7) is 0.514. The first-order chi connectivity index (χ1) is 2.77. The largest absolute Gasteiger partial charge is 0.297 e. The molecule has 0 aliphatic rings. The van der Waals surface area contributed by atoms with Crippen LogP contribution in [0.4, 0.5) is 0 Å². The summed E-state index contributed by atoms with van der Waals surface area (Å²) < 4.78 is 0. The molecule has 3 heteroatoms. The minimum absolute atomic E-state index is 0. The summed E-state index contributed by atoms with van der Waals surface area (Å²) in [4.78, 5) is 1.82. The van der Waals surface area contributed by atoms with Crippen LogP contribution in [0.15, 0.2) is 0 Å². The van der Waals surface area contributed by atoms with E-state index < -0.39 is 0 Å². The third-order valence-corrected chi connectivity index (χ3v) is 0.387. The summed E-state index contributed by atoms with van der Waals surface area (Å²) in [5.74, 6) is 0. The summed E-state index contributed by atoms with van der Waals surface area (Å²) in [6, 6.07) is 1.99. The van der Waals surface area contributed by atoms with Crippen molar-refractivity contribution >= 4 is 12.4 Å². The Morgan fingerprint density at radius 3 is 2.00 bits per heavy atom. The summed E-state index contributed by atoms with van der Waals surface area (Å²) >= 11 is 0. The van der Waals surface area contributed by atoms with Gasteiger partial charge in [0.2, 0.25) is 0 Å². The Labute approximate surface area is 50.1 Å². The van der Waals surface area contributed by atoms with Gasteiger partial charge in [-0.2, -0.15) is 5.26 Å². The van der Waals surface area contributed by atoms with Crippen LogP contribution in [-0.2, 0) is 0 Å². The maximum Gasteiger partial charge on any atom is 0.0861 e. The average Bonchev–Trinajstić information content (AvgIpc) is 1.35. The van der Waals surface area contributed by atoms with Crippen molar-refractivity contribution in [3.05, 3.63) is 0 Å². The Hall–Kier alpha value is -0.260. The SMILES string of the molecule is CN(C)CC#N.Cl. The van der Waals surface area contributed by atoms with Crippen LogP contribution in [0.25, 0.3) is 0 Å². The highest BCUT2D eigenvalue weighted by atomic mass is 35.5. The first-order valence-electron chi connectivity index (χ1n) is 1.79. The highest BCUT2D eigenvalue weighted by Gasteiger charge is 1.78. The normalized spacial score (nSPS) is 7.14. The summed E-state index contributed by atoms with van der Waals surface area (Å²) in [6.07, 6.45) is 0. The van der Waals surface area contributed by atoms with Gasteiger partial charge in [0.15, 0.2) is 0 Å². The Kier molecular flexibility index (Phi) is 8.10. The first-order valence-corrected chi connectivity index (χ1v) is 1.79. The van der Waals surface area contributed by atoms with Gasteiger partial charge in [0.1, 0.15) is 0 Å². The van der Waals surface area contributed by atoms with Crippen molar-refractivity contribution in [3.63, 3.8) is 0 Å². The molecule has 0 atom stereocenters.